The highest BCUT2D eigenvalue weighted by molar-refractivity contribution is 5.96. The van der Waals surface area contributed by atoms with Gasteiger partial charge >= 0.3 is 11.9 Å². The first-order chi connectivity index (χ1) is 19.7. The van der Waals surface area contributed by atoms with Crippen molar-refractivity contribution in [2.45, 2.75) is 57.7 Å². The first kappa shape index (κ1) is 30.1. The van der Waals surface area contributed by atoms with Crippen LogP contribution in [0.25, 0.3) is 0 Å². The zero-order chi connectivity index (χ0) is 29.5. The smallest absolute Gasteiger partial charge is 0.331 e. The summed E-state index contributed by atoms with van der Waals surface area (Å²) in [4.78, 5) is 39.5. The van der Waals surface area contributed by atoms with E-state index in [9.17, 15) is 19.5 Å². The first-order valence-electron chi connectivity index (χ1n) is 14.1. The van der Waals surface area contributed by atoms with Crippen LogP contribution in [0.5, 0.6) is 11.5 Å². The second-order valence-corrected chi connectivity index (χ2v) is 11.2. The number of carbonyl (C=O) groups is 3. The molecule has 0 aliphatic carbocycles. The van der Waals surface area contributed by atoms with Crippen molar-refractivity contribution in [1.29, 1.82) is 0 Å². The molecule has 2 aliphatic heterocycles. The third kappa shape index (κ3) is 7.67. The van der Waals surface area contributed by atoms with Crippen molar-refractivity contribution < 1.29 is 33.7 Å². The number of fused-ring (bicyclic) bond motifs is 3. The average Bonchev–Trinajstić information content (AvgIpc) is 2.95. The number of carbonyl (C=O) groups excluding carboxylic acids is 2. The van der Waals surface area contributed by atoms with Crippen LogP contribution in [0.4, 0.5) is 0 Å². The summed E-state index contributed by atoms with van der Waals surface area (Å²) < 4.78 is 17.0. The number of nitrogens with one attached hydrogen (secondary N) is 1. The van der Waals surface area contributed by atoms with E-state index in [2.05, 4.69) is 24.1 Å². The quantitative estimate of drug-likeness (QED) is 0.312. The maximum Gasteiger partial charge on any atom is 0.331 e. The van der Waals surface area contributed by atoms with E-state index in [-0.39, 0.29) is 24.5 Å². The zero-order valence-electron chi connectivity index (χ0n) is 24.2. The molecule has 2 N–H and O–H groups in total. The van der Waals surface area contributed by atoms with Gasteiger partial charge in [0.2, 0.25) is 5.91 Å². The molecule has 2 aromatic carbocycles. The molecule has 0 bridgehead atoms. The lowest BCUT2D eigenvalue weighted by molar-refractivity contribution is -0.151. The third-order valence-corrected chi connectivity index (χ3v) is 7.87. The van der Waals surface area contributed by atoms with Gasteiger partial charge in [-0.15, -0.1) is 0 Å². The summed E-state index contributed by atoms with van der Waals surface area (Å²) >= 11 is 0. The van der Waals surface area contributed by atoms with Crippen LogP contribution in [0.1, 0.15) is 49.4 Å². The maximum absolute atomic E-state index is 12.9. The lowest BCUT2D eigenvalue weighted by Gasteiger charge is -2.47. The summed E-state index contributed by atoms with van der Waals surface area (Å²) in [5.41, 5.74) is 3.15. The summed E-state index contributed by atoms with van der Waals surface area (Å²) in [5.74, 6) is -0.477. The number of aliphatic carboxylic acids is 1. The van der Waals surface area contributed by atoms with Crippen LogP contribution in [-0.4, -0.2) is 67.3 Å². The number of nitrogens with zero attached hydrogens (tertiary/aromatic N) is 1. The van der Waals surface area contributed by atoms with Crippen LogP contribution in [-0.2, 0) is 32.0 Å². The molecule has 2 aliphatic rings. The highest BCUT2D eigenvalue weighted by Crippen LogP contribution is 2.44. The summed E-state index contributed by atoms with van der Waals surface area (Å²) in [7, 11) is 3.25. The molecule has 41 heavy (non-hydrogen) atoms. The van der Waals surface area contributed by atoms with Gasteiger partial charge in [-0.3, -0.25) is 9.69 Å². The molecule has 1 amide bonds. The number of ether oxygens (including phenoxy) is 3. The van der Waals surface area contributed by atoms with Crippen LogP contribution < -0.4 is 14.8 Å². The maximum atomic E-state index is 12.9. The van der Waals surface area contributed by atoms with E-state index < -0.39 is 23.9 Å². The Hall–Kier alpha value is -3.85. The second kappa shape index (κ2) is 13.7. The van der Waals surface area contributed by atoms with E-state index >= 15 is 0 Å². The number of hydrogen-bond acceptors (Lipinski definition) is 7. The van der Waals surface area contributed by atoms with Crippen molar-refractivity contribution in [3.8, 4) is 11.5 Å². The Labute approximate surface area is 241 Å². The minimum atomic E-state index is -1.15. The van der Waals surface area contributed by atoms with E-state index in [0.717, 1.165) is 49.2 Å². The summed E-state index contributed by atoms with van der Waals surface area (Å²) in [6, 6.07) is 12.1. The van der Waals surface area contributed by atoms with Crippen LogP contribution >= 0.6 is 0 Å². The topological polar surface area (TPSA) is 114 Å². The molecule has 2 heterocycles. The SMILES string of the molecule is COc1cc2c(cc1OC)[C@H]1C[C@@H](OC(=O)/C=C\C(=O)NC(Cc3ccccc3)C(=O)O)[C@H](CC(C)C)CN1CC2. The molecular weight excluding hydrogens is 524 g/mol. The number of hydrogen-bond donors (Lipinski definition) is 2. The predicted molar refractivity (Wildman–Crippen MR) is 154 cm³/mol. The molecule has 220 valence electrons. The Morgan fingerprint density at radius 2 is 1.78 bits per heavy atom. The lowest BCUT2D eigenvalue weighted by atomic mass is 9.79. The lowest BCUT2D eigenvalue weighted by Crippen LogP contribution is -2.49. The number of esters is 1. The van der Waals surface area contributed by atoms with Gasteiger partial charge in [0.05, 0.1) is 14.2 Å². The van der Waals surface area contributed by atoms with Gasteiger partial charge in [-0.25, -0.2) is 9.59 Å². The van der Waals surface area contributed by atoms with Crippen molar-refractivity contribution in [1.82, 2.24) is 10.2 Å². The van der Waals surface area contributed by atoms with E-state index in [1.54, 1.807) is 26.4 Å². The molecule has 9 nitrogen and oxygen atoms in total. The van der Waals surface area contributed by atoms with Crippen molar-refractivity contribution in [3.63, 3.8) is 0 Å². The Bertz CT molecular complexity index is 1260. The molecule has 0 aromatic heterocycles. The molecule has 1 fully saturated rings. The molecule has 2 aromatic rings. The highest BCUT2D eigenvalue weighted by atomic mass is 16.5. The molecule has 0 saturated carbocycles. The van der Waals surface area contributed by atoms with E-state index in [1.165, 1.54) is 5.56 Å². The van der Waals surface area contributed by atoms with Crippen LogP contribution in [0, 0.1) is 11.8 Å². The molecule has 0 spiro atoms. The van der Waals surface area contributed by atoms with Gasteiger partial charge in [0.15, 0.2) is 11.5 Å². The summed E-state index contributed by atoms with van der Waals surface area (Å²) in [6.45, 7) is 6.03. The van der Waals surface area contributed by atoms with Gasteiger partial charge in [0.25, 0.3) is 0 Å². The second-order valence-electron chi connectivity index (χ2n) is 11.2. The minimum Gasteiger partial charge on any atom is -0.493 e. The molecule has 4 atom stereocenters. The molecule has 0 radical (unpaired) electrons. The Balaban J connectivity index is 1.44. The molecule has 1 unspecified atom stereocenters. The van der Waals surface area contributed by atoms with Gasteiger partial charge in [-0.2, -0.15) is 0 Å². The fourth-order valence-corrected chi connectivity index (χ4v) is 5.98. The molecule has 4 rings (SSSR count). The number of carboxylic acids is 1. The number of amides is 1. The largest absolute Gasteiger partial charge is 0.493 e. The normalized spacial score (nSPS) is 21.0. The Morgan fingerprint density at radius 3 is 2.44 bits per heavy atom. The Morgan fingerprint density at radius 1 is 1.07 bits per heavy atom. The fourth-order valence-electron chi connectivity index (χ4n) is 5.98. The van der Waals surface area contributed by atoms with Gasteiger partial charge in [-0.05, 0) is 47.6 Å². The summed E-state index contributed by atoms with van der Waals surface area (Å²) in [5, 5.41) is 12.0. The van der Waals surface area contributed by atoms with Crippen LogP contribution in [0.2, 0.25) is 0 Å². The van der Waals surface area contributed by atoms with E-state index in [0.29, 0.717) is 23.8 Å². The number of piperidine rings is 1. The van der Waals surface area contributed by atoms with Crippen molar-refractivity contribution in [2.24, 2.45) is 11.8 Å². The Kier molecular flexibility index (Phi) is 10.0. The number of rotatable bonds is 11. The highest BCUT2D eigenvalue weighted by Gasteiger charge is 2.41. The first-order valence-corrected chi connectivity index (χ1v) is 14.1. The third-order valence-electron chi connectivity index (χ3n) is 7.87. The van der Waals surface area contributed by atoms with Crippen molar-refractivity contribution in [2.75, 3.05) is 27.3 Å². The predicted octanol–water partition coefficient (Wildman–Crippen LogP) is 3.95. The van der Waals surface area contributed by atoms with Gasteiger partial charge in [-0.1, -0.05) is 44.2 Å². The summed E-state index contributed by atoms with van der Waals surface area (Å²) in [6.07, 6.45) is 4.37. The molecule has 1 saturated heterocycles. The fraction of sp³-hybridized carbons (Fsp3) is 0.469. The average molecular weight is 565 g/mol. The molecule has 9 heteroatoms. The van der Waals surface area contributed by atoms with Crippen molar-refractivity contribution >= 4 is 17.8 Å². The monoisotopic (exact) mass is 564 g/mol. The number of benzene rings is 2. The van der Waals surface area contributed by atoms with Gasteiger partial charge < -0.3 is 24.6 Å². The van der Waals surface area contributed by atoms with Crippen LogP contribution in [0.15, 0.2) is 54.6 Å². The number of carboxylic acid groups (broad SMARTS) is 1. The van der Waals surface area contributed by atoms with Gasteiger partial charge in [0, 0.05) is 50.0 Å². The van der Waals surface area contributed by atoms with Gasteiger partial charge in [0.1, 0.15) is 12.1 Å². The van der Waals surface area contributed by atoms with Crippen LogP contribution in [0.3, 0.4) is 0 Å². The molecular formula is C32H40N2O7. The standard InChI is InChI=1S/C32H40N2O7/c1-20(2)14-23-19-34-13-12-22-16-28(39-3)29(40-4)17-24(22)26(34)18-27(23)41-31(36)11-10-30(35)33-25(32(37)38)15-21-8-6-5-7-9-21/h5-11,16-17,20,23,25-27H,12-15,18-19H2,1-4H3,(H,33,35)(H,37,38)/b11-10-/t23-,25?,26-,27-/m1/s1. The number of methoxy groups -OCH3 is 2. The van der Waals surface area contributed by atoms with E-state index in [4.69, 9.17) is 14.2 Å². The van der Waals surface area contributed by atoms with Crippen molar-refractivity contribution in [3.05, 3.63) is 71.3 Å². The van der Waals surface area contributed by atoms with E-state index in [1.807, 2.05) is 30.3 Å². The zero-order valence-corrected chi connectivity index (χ0v) is 24.2. The minimum absolute atomic E-state index is 0.0707.